The summed E-state index contributed by atoms with van der Waals surface area (Å²) in [5, 5.41) is 10.6. The van der Waals surface area contributed by atoms with E-state index >= 15 is 0 Å². The van der Waals surface area contributed by atoms with Crippen molar-refractivity contribution < 1.29 is 14.6 Å². The zero-order valence-corrected chi connectivity index (χ0v) is 15.8. The molecule has 26 heavy (non-hydrogen) atoms. The van der Waals surface area contributed by atoms with Crippen LogP contribution in [-0.4, -0.2) is 18.0 Å². The van der Waals surface area contributed by atoms with Crippen LogP contribution in [0.15, 0.2) is 47.5 Å². The molecule has 1 N–H and O–H groups in total. The van der Waals surface area contributed by atoms with Gasteiger partial charge in [-0.15, -0.1) is 0 Å². The molecular weight excluding hydrogens is 371 g/mol. The Morgan fingerprint density at radius 3 is 2.54 bits per heavy atom. The first-order valence-corrected chi connectivity index (χ1v) is 9.02. The SMILES string of the molecule is COc1cc(/C=C2\CCC/C(=C\c3cccc(Cl)c3Cl)C2=O)ccc1O. The van der Waals surface area contributed by atoms with E-state index < -0.39 is 0 Å². The number of carbonyl (C=O) groups excluding carboxylic acids is 1. The second kappa shape index (κ2) is 7.98. The Bertz CT molecular complexity index is 913. The number of aromatic hydroxyl groups is 1. The summed E-state index contributed by atoms with van der Waals surface area (Å²) in [7, 11) is 1.49. The monoisotopic (exact) mass is 388 g/mol. The number of allylic oxidation sites excluding steroid dienone is 2. The number of phenols is 1. The highest BCUT2D eigenvalue weighted by atomic mass is 35.5. The van der Waals surface area contributed by atoms with E-state index in [1.54, 1.807) is 24.3 Å². The van der Waals surface area contributed by atoms with Crippen molar-refractivity contribution in [1.29, 1.82) is 0 Å². The van der Waals surface area contributed by atoms with E-state index in [-0.39, 0.29) is 11.5 Å². The summed E-state index contributed by atoms with van der Waals surface area (Å²) in [5.41, 5.74) is 3.01. The van der Waals surface area contributed by atoms with Gasteiger partial charge in [-0.1, -0.05) is 41.4 Å². The summed E-state index contributed by atoms with van der Waals surface area (Å²) < 4.78 is 5.12. The number of benzene rings is 2. The topological polar surface area (TPSA) is 46.5 Å². The number of carbonyl (C=O) groups is 1. The van der Waals surface area contributed by atoms with Gasteiger partial charge in [-0.25, -0.2) is 0 Å². The molecule has 0 amide bonds. The van der Waals surface area contributed by atoms with Crippen molar-refractivity contribution in [2.75, 3.05) is 7.11 Å². The highest BCUT2D eigenvalue weighted by Crippen LogP contribution is 2.33. The Morgan fingerprint density at radius 2 is 1.81 bits per heavy atom. The summed E-state index contributed by atoms with van der Waals surface area (Å²) in [5.74, 6) is 0.462. The zero-order valence-electron chi connectivity index (χ0n) is 14.3. The number of phenolic OH excluding ortho intramolecular Hbond substituents is 1. The van der Waals surface area contributed by atoms with Crippen LogP contribution in [0, 0.1) is 0 Å². The third-order valence-electron chi connectivity index (χ3n) is 4.33. The van der Waals surface area contributed by atoms with Gasteiger partial charge in [-0.2, -0.15) is 0 Å². The van der Waals surface area contributed by atoms with Crippen LogP contribution in [0.3, 0.4) is 0 Å². The normalized spacial score (nSPS) is 17.7. The van der Waals surface area contributed by atoms with Gasteiger partial charge in [0, 0.05) is 11.1 Å². The lowest BCUT2D eigenvalue weighted by atomic mass is 9.87. The fourth-order valence-corrected chi connectivity index (χ4v) is 3.35. The molecule has 134 valence electrons. The highest BCUT2D eigenvalue weighted by Gasteiger charge is 2.21. The molecule has 0 saturated heterocycles. The molecular formula is C21H18Cl2O3. The molecule has 0 heterocycles. The van der Waals surface area contributed by atoms with Crippen LogP contribution >= 0.6 is 23.2 Å². The molecule has 0 atom stereocenters. The summed E-state index contributed by atoms with van der Waals surface area (Å²) in [4.78, 5) is 12.9. The lowest BCUT2D eigenvalue weighted by Gasteiger charge is -2.17. The summed E-state index contributed by atoms with van der Waals surface area (Å²) in [6.07, 6.45) is 5.97. The molecule has 1 saturated carbocycles. The molecule has 1 aliphatic carbocycles. The van der Waals surface area contributed by atoms with E-state index in [0.717, 1.165) is 28.7 Å². The van der Waals surface area contributed by atoms with Crippen molar-refractivity contribution in [3.8, 4) is 11.5 Å². The summed E-state index contributed by atoms with van der Waals surface area (Å²) in [6.45, 7) is 0. The lowest BCUT2D eigenvalue weighted by Crippen LogP contribution is -2.12. The first kappa shape index (κ1) is 18.6. The number of hydrogen-bond acceptors (Lipinski definition) is 3. The van der Waals surface area contributed by atoms with Crippen molar-refractivity contribution in [3.63, 3.8) is 0 Å². The number of Topliss-reactive ketones (excluding diaryl/α,β-unsaturated/α-hetero) is 1. The standard InChI is InChI=1S/C21H18Cl2O3/c1-26-19-11-13(8-9-18(19)24)10-15-5-2-6-16(21(15)25)12-14-4-3-7-17(22)20(14)23/h3-4,7-12,24H,2,5-6H2,1H3/b15-10+,16-12+. The Hall–Kier alpha value is -2.23. The number of ketones is 1. The molecule has 1 fully saturated rings. The quantitative estimate of drug-likeness (QED) is 0.662. The molecule has 0 bridgehead atoms. The molecule has 3 rings (SSSR count). The van der Waals surface area contributed by atoms with Crippen LogP contribution in [0.4, 0.5) is 0 Å². The molecule has 0 unspecified atom stereocenters. The summed E-state index contributed by atoms with van der Waals surface area (Å²) >= 11 is 12.3. The predicted octanol–water partition coefficient (Wildman–Crippen LogP) is 5.93. The second-order valence-corrected chi connectivity index (χ2v) is 6.88. The largest absolute Gasteiger partial charge is 0.504 e. The number of ether oxygens (including phenoxy) is 1. The minimum Gasteiger partial charge on any atom is -0.504 e. The van der Waals surface area contributed by atoms with Gasteiger partial charge in [0.25, 0.3) is 0 Å². The van der Waals surface area contributed by atoms with Crippen LogP contribution in [-0.2, 0) is 4.79 Å². The number of halogens is 2. The number of methoxy groups -OCH3 is 1. The molecule has 0 aliphatic heterocycles. The van der Waals surface area contributed by atoms with E-state index in [4.69, 9.17) is 27.9 Å². The van der Waals surface area contributed by atoms with Gasteiger partial charge in [-0.05, 0) is 60.7 Å². The fourth-order valence-electron chi connectivity index (χ4n) is 2.98. The Balaban J connectivity index is 1.92. The fraction of sp³-hybridized carbons (Fsp3) is 0.190. The molecule has 1 aliphatic rings. The van der Waals surface area contributed by atoms with E-state index in [0.29, 0.717) is 28.6 Å². The summed E-state index contributed by atoms with van der Waals surface area (Å²) in [6, 6.07) is 10.4. The van der Waals surface area contributed by atoms with Crippen LogP contribution < -0.4 is 4.74 Å². The zero-order chi connectivity index (χ0) is 18.7. The van der Waals surface area contributed by atoms with Crippen LogP contribution in [0.1, 0.15) is 30.4 Å². The lowest BCUT2D eigenvalue weighted by molar-refractivity contribution is -0.112. The van der Waals surface area contributed by atoms with E-state index in [2.05, 4.69) is 0 Å². The number of rotatable bonds is 3. The van der Waals surface area contributed by atoms with Crippen LogP contribution in [0.25, 0.3) is 12.2 Å². The molecule has 0 aromatic heterocycles. The molecule has 2 aromatic carbocycles. The average molecular weight is 389 g/mol. The van der Waals surface area contributed by atoms with Crippen molar-refractivity contribution in [2.24, 2.45) is 0 Å². The van der Waals surface area contributed by atoms with Crippen molar-refractivity contribution in [2.45, 2.75) is 19.3 Å². The van der Waals surface area contributed by atoms with Crippen molar-refractivity contribution in [1.82, 2.24) is 0 Å². The first-order valence-electron chi connectivity index (χ1n) is 8.26. The van der Waals surface area contributed by atoms with Gasteiger partial charge < -0.3 is 9.84 Å². The smallest absolute Gasteiger partial charge is 0.185 e. The molecule has 0 spiro atoms. The minimum absolute atomic E-state index is 0.0133. The van der Waals surface area contributed by atoms with E-state index in [9.17, 15) is 9.90 Å². The van der Waals surface area contributed by atoms with Crippen LogP contribution in [0.2, 0.25) is 10.0 Å². The third kappa shape index (κ3) is 3.95. The van der Waals surface area contributed by atoms with Crippen molar-refractivity contribution >= 4 is 41.1 Å². The van der Waals surface area contributed by atoms with E-state index in [1.165, 1.54) is 7.11 Å². The number of hydrogen-bond donors (Lipinski definition) is 1. The molecule has 5 heteroatoms. The minimum atomic E-state index is 0.0133. The van der Waals surface area contributed by atoms with E-state index in [1.807, 2.05) is 24.3 Å². The Labute approximate surface area is 162 Å². The molecule has 0 radical (unpaired) electrons. The Morgan fingerprint density at radius 1 is 1.08 bits per heavy atom. The first-order chi connectivity index (χ1) is 12.5. The maximum atomic E-state index is 12.9. The maximum absolute atomic E-state index is 12.9. The second-order valence-electron chi connectivity index (χ2n) is 6.10. The Kier molecular flexibility index (Phi) is 5.70. The van der Waals surface area contributed by atoms with Gasteiger partial charge in [0.1, 0.15) is 0 Å². The maximum Gasteiger partial charge on any atom is 0.185 e. The van der Waals surface area contributed by atoms with Gasteiger partial charge in [-0.3, -0.25) is 4.79 Å². The van der Waals surface area contributed by atoms with Gasteiger partial charge in [0.15, 0.2) is 17.3 Å². The van der Waals surface area contributed by atoms with Gasteiger partial charge in [0.05, 0.1) is 17.2 Å². The average Bonchev–Trinajstić information content (AvgIpc) is 2.63. The predicted molar refractivity (Wildman–Crippen MR) is 106 cm³/mol. The molecule has 2 aromatic rings. The molecule has 3 nitrogen and oxygen atoms in total. The highest BCUT2D eigenvalue weighted by molar-refractivity contribution is 6.43. The van der Waals surface area contributed by atoms with Gasteiger partial charge >= 0.3 is 0 Å². The van der Waals surface area contributed by atoms with Crippen molar-refractivity contribution in [3.05, 3.63) is 68.7 Å². The van der Waals surface area contributed by atoms with Crippen LogP contribution in [0.5, 0.6) is 11.5 Å². The van der Waals surface area contributed by atoms with Gasteiger partial charge in [0.2, 0.25) is 0 Å². The third-order valence-corrected chi connectivity index (χ3v) is 5.16.